The lowest BCUT2D eigenvalue weighted by molar-refractivity contribution is -0.148. The number of carbonyl (C=O) groups is 5. The highest BCUT2D eigenvalue weighted by Gasteiger charge is 2.40. The SMILES string of the molecule is CC(C)C[C@@H](NC(=O)[C@@H](Cc1ccccc1)NC(=O)CNC[C@H](C)c1ccccc1)C(=O)N[C@H](CCCCN)C(=O)N1CCC(N)(C(=O)O)CC1.Cl.Cl.Cl. The average Bonchev–Trinajstić information content (AvgIpc) is 3.11. The molecule has 13 nitrogen and oxygen atoms in total. The van der Waals surface area contributed by atoms with Gasteiger partial charge in [-0.25, -0.2) is 0 Å². The second-order valence-electron chi connectivity index (χ2n) is 14.1. The molecule has 304 valence electrons. The first-order valence-corrected chi connectivity index (χ1v) is 18.0. The first kappa shape index (κ1) is 50.5. The predicted molar refractivity (Wildman–Crippen MR) is 218 cm³/mol. The van der Waals surface area contributed by atoms with E-state index in [9.17, 15) is 29.1 Å². The highest BCUT2D eigenvalue weighted by molar-refractivity contribution is 5.94. The van der Waals surface area contributed by atoms with Crippen molar-refractivity contribution in [3.8, 4) is 0 Å². The van der Waals surface area contributed by atoms with Crippen molar-refractivity contribution in [2.24, 2.45) is 17.4 Å². The number of nitrogens with one attached hydrogen (secondary N) is 4. The summed E-state index contributed by atoms with van der Waals surface area (Å²) in [6, 6.07) is 16.5. The van der Waals surface area contributed by atoms with E-state index in [0.29, 0.717) is 38.8 Å². The molecule has 1 heterocycles. The van der Waals surface area contributed by atoms with Crippen molar-refractivity contribution < 1.29 is 29.1 Å². The van der Waals surface area contributed by atoms with Crippen LogP contribution in [0.4, 0.5) is 0 Å². The van der Waals surface area contributed by atoms with Crippen LogP contribution in [0.2, 0.25) is 0 Å². The van der Waals surface area contributed by atoms with Gasteiger partial charge < -0.3 is 42.7 Å². The van der Waals surface area contributed by atoms with Crippen LogP contribution in [0.3, 0.4) is 0 Å². The quantitative estimate of drug-likeness (QED) is 0.0980. The molecule has 1 fully saturated rings. The molecule has 16 heteroatoms. The van der Waals surface area contributed by atoms with E-state index in [2.05, 4.69) is 28.2 Å². The minimum Gasteiger partial charge on any atom is -0.480 e. The molecule has 54 heavy (non-hydrogen) atoms. The molecule has 0 spiro atoms. The van der Waals surface area contributed by atoms with Gasteiger partial charge >= 0.3 is 5.97 Å². The molecule has 2 aromatic carbocycles. The Bertz CT molecular complexity index is 1430. The fraction of sp³-hybridized carbons (Fsp3) is 0.553. The van der Waals surface area contributed by atoms with Gasteiger partial charge in [0.25, 0.3) is 0 Å². The highest BCUT2D eigenvalue weighted by Crippen LogP contribution is 2.21. The van der Waals surface area contributed by atoms with E-state index in [-0.39, 0.29) is 99.8 Å². The Hall–Kier alpha value is -3.46. The maximum atomic E-state index is 13.9. The number of nitrogens with zero attached hydrogens (tertiary/aromatic N) is 1. The molecule has 0 bridgehead atoms. The Morgan fingerprint density at radius 3 is 1.91 bits per heavy atom. The van der Waals surface area contributed by atoms with Crippen molar-refractivity contribution in [1.82, 2.24) is 26.2 Å². The van der Waals surface area contributed by atoms with Gasteiger partial charge in [-0.2, -0.15) is 0 Å². The lowest BCUT2D eigenvalue weighted by Gasteiger charge is -2.38. The Kier molecular flexibility index (Phi) is 23.9. The smallest absolute Gasteiger partial charge is 0.323 e. The summed E-state index contributed by atoms with van der Waals surface area (Å²) in [5.74, 6) is -2.62. The second-order valence-corrected chi connectivity index (χ2v) is 14.1. The van der Waals surface area contributed by atoms with Crippen molar-refractivity contribution >= 4 is 66.8 Å². The summed E-state index contributed by atoms with van der Waals surface area (Å²) in [5, 5.41) is 21.3. The zero-order valence-electron chi connectivity index (χ0n) is 31.5. The largest absolute Gasteiger partial charge is 0.480 e. The number of piperidine rings is 1. The molecule has 0 radical (unpaired) electrons. The van der Waals surface area contributed by atoms with Gasteiger partial charge in [-0.3, -0.25) is 24.0 Å². The van der Waals surface area contributed by atoms with Gasteiger partial charge in [0.15, 0.2) is 0 Å². The van der Waals surface area contributed by atoms with E-state index >= 15 is 0 Å². The van der Waals surface area contributed by atoms with Gasteiger partial charge in [-0.15, -0.1) is 37.2 Å². The fourth-order valence-corrected chi connectivity index (χ4v) is 6.16. The lowest BCUT2D eigenvalue weighted by atomic mass is 9.88. The number of carbonyl (C=O) groups excluding carboxylic acids is 4. The molecule has 0 saturated carbocycles. The molecule has 0 unspecified atom stereocenters. The molecule has 0 aromatic heterocycles. The van der Waals surface area contributed by atoms with Crippen molar-refractivity contribution in [2.45, 2.75) is 95.3 Å². The number of hydrogen-bond donors (Lipinski definition) is 7. The molecule has 4 amide bonds. The van der Waals surface area contributed by atoms with E-state index in [1.807, 2.05) is 74.5 Å². The first-order valence-electron chi connectivity index (χ1n) is 18.0. The number of likely N-dealkylation sites (tertiary alicyclic amines) is 1. The normalized spacial score (nSPS) is 15.5. The Morgan fingerprint density at radius 2 is 1.35 bits per heavy atom. The van der Waals surface area contributed by atoms with Gasteiger partial charge in [-0.05, 0) is 68.0 Å². The first-order chi connectivity index (χ1) is 24.3. The molecular formula is C38H60Cl3N7O6. The molecule has 2 aromatic rings. The number of carboxylic acids is 1. The molecular weight excluding hydrogens is 757 g/mol. The summed E-state index contributed by atoms with van der Waals surface area (Å²) >= 11 is 0. The molecule has 9 N–H and O–H groups in total. The highest BCUT2D eigenvalue weighted by atomic mass is 35.5. The summed E-state index contributed by atoms with van der Waals surface area (Å²) < 4.78 is 0. The fourth-order valence-electron chi connectivity index (χ4n) is 6.16. The molecule has 3 rings (SSSR count). The van der Waals surface area contributed by atoms with Gasteiger partial charge in [0, 0.05) is 26.1 Å². The number of aliphatic carboxylic acids is 1. The molecule has 4 atom stereocenters. The predicted octanol–water partition coefficient (Wildman–Crippen LogP) is 2.92. The zero-order chi connectivity index (χ0) is 37.4. The van der Waals surface area contributed by atoms with Gasteiger partial charge in [0.1, 0.15) is 23.7 Å². The molecule has 0 aliphatic carbocycles. The van der Waals surface area contributed by atoms with Crippen molar-refractivity contribution in [1.29, 1.82) is 0 Å². The minimum absolute atomic E-state index is 0. The number of amides is 4. The van der Waals surface area contributed by atoms with Gasteiger partial charge in [-0.1, -0.05) is 81.4 Å². The summed E-state index contributed by atoms with van der Waals surface area (Å²) in [4.78, 5) is 67.7. The number of halogens is 3. The lowest BCUT2D eigenvalue weighted by Crippen LogP contribution is -2.60. The summed E-state index contributed by atoms with van der Waals surface area (Å²) in [7, 11) is 0. The topological polar surface area (TPSA) is 209 Å². The van der Waals surface area contributed by atoms with Crippen molar-refractivity contribution in [2.75, 3.05) is 32.7 Å². The number of carboxylic acid groups (broad SMARTS) is 1. The van der Waals surface area contributed by atoms with Crippen LogP contribution in [0, 0.1) is 5.92 Å². The Labute approximate surface area is 338 Å². The third-order valence-corrected chi connectivity index (χ3v) is 9.33. The average molecular weight is 817 g/mol. The molecule has 1 aliphatic rings. The van der Waals surface area contributed by atoms with E-state index in [0.717, 1.165) is 11.1 Å². The Morgan fingerprint density at radius 1 is 0.796 bits per heavy atom. The molecule has 1 saturated heterocycles. The maximum Gasteiger partial charge on any atom is 0.323 e. The van der Waals surface area contributed by atoms with Crippen LogP contribution in [0.5, 0.6) is 0 Å². The van der Waals surface area contributed by atoms with E-state index in [4.69, 9.17) is 11.5 Å². The van der Waals surface area contributed by atoms with Crippen molar-refractivity contribution in [3.05, 3.63) is 71.8 Å². The standard InChI is InChI=1S/C38H57N7O6.3ClH/c1-26(2)22-31(34(47)43-30(16-10-11-19-39)36(49)45-20-17-38(40,18-21-45)37(50)51)44-35(48)32(23-28-12-6-4-7-13-28)42-33(46)25-41-24-27(3)29-14-8-5-9-15-29;;;/h4-9,12-15,26-27,30-32,41H,10-11,16-25,39-40H2,1-3H3,(H,42,46)(H,43,47)(H,44,48)(H,50,51);3*1H/t27-,30+,31+,32+;;;/m0.../s1. The van der Waals surface area contributed by atoms with E-state index in [1.165, 1.54) is 4.90 Å². The van der Waals surface area contributed by atoms with Gasteiger partial charge in [0.05, 0.1) is 6.54 Å². The number of unbranched alkanes of at least 4 members (excludes halogenated alkanes) is 1. The second kappa shape index (κ2) is 25.6. The number of hydrogen-bond acceptors (Lipinski definition) is 8. The minimum atomic E-state index is -1.40. The van der Waals surface area contributed by atoms with Crippen LogP contribution < -0.4 is 32.7 Å². The maximum absolute atomic E-state index is 13.9. The molecule has 1 aliphatic heterocycles. The summed E-state index contributed by atoms with van der Waals surface area (Å²) in [6.45, 7) is 7.22. The van der Waals surface area contributed by atoms with E-state index < -0.39 is 41.4 Å². The van der Waals surface area contributed by atoms with Crippen LogP contribution in [-0.4, -0.2) is 96.0 Å². The van der Waals surface area contributed by atoms with Crippen LogP contribution in [0.1, 0.15) is 76.3 Å². The van der Waals surface area contributed by atoms with Crippen LogP contribution >= 0.6 is 37.2 Å². The van der Waals surface area contributed by atoms with Crippen LogP contribution in [0.25, 0.3) is 0 Å². The third-order valence-electron chi connectivity index (χ3n) is 9.33. The van der Waals surface area contributed by atoms with Crippen LogP contribution in [0.15, 0.2) is 60.7 Å². The number of benzene rings is 2. The van der Waals surface area contributed by atoms with Crippen LogP contribution in [-0.2, 0) is 30.4 Å². The summed E-state index contributed by atoms with van der Waals surface area (Å²) in [5.41, 5.74) is 12.3. The zero-order valence-corrected chi connectivity index (χ0v) is 33.9. The summed E-state index contributed by atoms with van der Waals surface area (Å²) in [6.07, 6.45) is 2.27. The number of rotatable bonds is 20. The Balaban J connectivity index is 0.00000936. The van der Waals surface area contributed by atoms with Gasteiger partial charge in [0.2, 0.25) is 23.6 Å². The van der Waals surface area contributed by atoms with Crippen molar-refractivity contribution in [3.63, 3.8) is 0 Å². The number of nitrogens with two attached hydrogens (primary N) is 2. The van der Waals surface area contributed by atoms with E-state index in [1.54, 1.807) is 0 Å². The third kappa shape index (κ3) is 16.5. The monoisotopic (exact) mass is 815 g/mol.